The van der Waals surface area contributed by atoms with Gasteiger partial charge in [-0.2, -0.15) is 0 Å². The van der Waals surface area contributed by atoms with Crippen LogP contribution in [0.25, 0.3) is 0 Å². The summed E-state index contributed by atoms with van der Waals surface area (Å²) < 4.78 is 0. The van der Waals surface area contributed by atoms with Gasteiger partial charge in [0.1, 0.15) is 0 Å². The molecule has 1 aliphatic heterocycles. The lowest BCUT2D eigenvalue weighted by Gasteiger charge is -2.30. The van der Waals surface area contributed by atoms with E-state index in [2.05, 4.69) is 36.1 Å². The quantitative estimate of drug-likeness (QED) is 0.319. The summed E-state index contributed by atoms with van der Waals surface area (Å²) in [6.07, 6.45) is 3.77. The molecule has 0 radical (unpaired) electrons. The first-order valence-electron chi connectivity index (χ1n) is 6.75. The van der Waals surface area contributed by atoms with Crippen LogP contribution >= 0.6 is 0 Å². The number of guanidine groups is 1. The van der Waals surface area contributed by atoms with Crippen LogP contribution in [0.3, 0.4) is 0 Å². The van der Waals surface area contributed by atoms with Crippen LogP contribution in [0, 0.1) is 11.3 Å². The fourth-order valence-electron chi connectivity index (χ4n) is 2.56. The molecular weight excluding hydrogens is 212 g/mol. The molecule has 4 heteroatoms. The summed E-state index contributed by atoms with van der Waals surface area (Å²) in [4.78, 5) is 6.69. The molecule has 3 N–H and O–H groups in total. The maximum Gasteiger partial charge on any atom is 0.208 e. The van der Waals surface area contributed by atoms with Crippen molar-refractivity contribution in [3.63, 3.8) is 0 Å². The third-order valence-electron chi connectivity index (χ3n) is 3.69. The fourth-order valence-corrected chi connectivity index (χ4v) is 2.56. The van der Waals surface area contributed by atoms with Gasteiger partial charge in [0.2, 0.25) is 5.96 Å². The number of likely N-dealkylation sites (tertiary alicyclic amines) is 1. The second-order valence-electron chi connectivity index (χ2n) is 5.92. The Hall–Kier alpha value is -0.770. The third kappa shape index (κ3) is 4.19. The molecule has 0 saturated carbocycles. The lowest BCUT2D eigenvalue weighted by Crippen LogP contribution is -2.45. The Morgan fingerprint density at radius 2 is 2.06 bits per heavy atom. The standard InChI is InChI=1S/C13H28N4/c1-5-15-12(16-14)17-9-6-7-11(8-10-17)13(2,3)4/h11H,5-10,14H2,1-4H3,(H,15,16). The SMILES string of the molecule is CCN=C(NN)N1CCCC(C(C)(C)C)CC1. The largest absolute Gasteiger partial charge is 0.342 e. The number of hydrogen-bond acceptors (Lipinski definition) is 2. The molecule has 17 heavy (non-hydrogen) atoms. The molecule has 0 aliphatic carbocycles. The Labute approximate surface area is 106 Å². The van der Waals surface area contributed by atoms with Crippen molar-refractivity contribution in [1.29, 1.82) is 0 Å². The van der Waals surface area contributed by atoms with Gasteiger partial charge in [-0.3, -0.25) is 10.4 Å². The maximum absolute atomic E-state index is 5.54. The zero-order chi connectivity index (χ0) is 12.9. The Morgan fingerprint density at radius 1 is 1.35 bits per heavy atom. The lowest BCUT2D eigenvalue weighted by atomic mass is 9.77. The topological polar surface area (TPSA) is 53.6 Å². The average Bonchev–Trinajstić information content (AvgIpc) is 2.50. The Kier molecular flexibility index (Phi) is 5.25. The molecule has 0 spiro atoms. The average molecular weight is 240 g/mol. The van der Waals surface area contributed by atoms with Crippen LogP contribution in [-0.2, 0) is 0 Å². The van der Waals surface area contributed by atoms with E-state index in [-0.39, 0.29) is 0 Å². The minimum atomic E-state index is 0.411. The van der Waals surface area contributed by atoms with E-state index in [1.807, 2.05) is 6.92 Å². The first-order valence-corrected chi connectivity index (χ1v) is 6.75. The van der Waals surface area contributed by atoms with Gasteiger partial charge in [0, 0.05) is 19.6 Å². The Balaban J connectivity index is 2.61. The van der Waals surface area contributed by atoms with Crippen LogP contribution in [0.4, 0.5) is 0 Å². The molecule has 1 aliphatic rings. The van der Waals surface area contributed by atoms with Crippen molar-refractivity contribution >= 4 is 5.96 Å². The molecule has 0 aromatic rings. The monoisotopic (exact) mass is 240 g/mol. The van der Waals surface area contributed by atoms with E-state index in [0.29, 0.717) is 5.41 Å². The van der Waals surface area contributed by atoms with Crippen molar-refractivity contribution in [2.75, 3.05) is 19.6 Å². The molecule has 100 valence electrons. The summed E-state index contributed by atoms with van der Waals surface area (Å²) in [7, 11) is 0. The Bertz CT molecular complexity index is 255. The molecule has 1 fully saturated rings. The van der Waals surface area contributed by atoms with Gasteiger partial charge < -0.3 is 4.90 Å². The number of nitrogens with zero attached hydrogens (tertiary/aromatic N) is 2. The van der Waals surface area contributed by atoms with E-state index in [9.17, 15) is 0 Å². The van der Waals surface area contributed by atoms with Gasteiger partial charge >= 0.3 is 0 Å². The van der Waals surface area contributed by atoms with Gasteiger partial charge in [0.25, 0.3) is 0 Å². The van der Waals surface area contributed by atoms with Crippen LogP contribution in [0.1, 0.15) is 47.0 Å². The molecule has 1 unspecified atom stereocenters. The minimum absolute atomic E-state index is 0.411. The maximum atomic E-state index is 5.54. The molecule has 0 bridgehead atoms. The number of hydrazine groups is 1. The van der Waals surface area contributed by atoms with Crippen LogP contribution in [-0.4, -0.2) is 30.5 Å². The second kappa shape index (κ2) is 6.24. The van der Waals surface area contributed by atoms with E-state index in [0.717, 1.165) is 31.5 Å². The summed E-state index contributed by atoms with van der Waals surface area (Å²) in [6, 6.07) is 0. The molecule has 0 aromatic carbocycles. The summed E-state index contributed by atoms with van der Waals surface area (Å²) >= 11 is 0. The van der Waals surface area contributed by atoms with Gasteiger partial charge in [-0.05, 0) is 37.5 Å². The molecule has 1 rings (SSSR count). The highest BCUT2D eigenvalue weighted by molar-refractivity contribution is 5.79. The highest BCUT2D eigenvalue weighted by Crippen LogP contribution is 2.34. The van der Waals surface area contributed by atoms with Crippen LogP contribution in [0.5, 0.6) is 0 Å². The molecule has 4 nitrogen and oxygen atoms in total. The zero-order valence-corrected chi connectivity index (χ0v) is 11.8. The second-order valence-corrected chi connectivity index (χ2v) is 5.92. The first kappa shape index (κ1) is 14.3. The van der Waals surface area contributed by atoms with E-state index in [1.54, 1.807) is 0 Å². The van der Waals surface area contributed by atoms with Crippen molar-refractivity contribution in [3.8, 4) is 0 Å². The molecule has 1 saturated heterocycles. The van der Waals surface area contributed by atoms with Gasteiger partial charge in [0.15, 0.2) is 0 Å². The Morgan fingerprint density at radius 3 is 2.59 bits per heavy atom. The summed E-state index contributed by atoms with van der Waals surface area (Å²) in [5, 5.41) is 0. The molecule has 0 amide bonds. The van der Waals surface area contributed by atoms with Crippen LogP contribution in [0.15, 0.2) is 4.99 Å². The fraction of sp³-hybridized carbons (Fsp3) is 0.923. The van der Waals surface area contributed by atoms with E-state index in [4.69, 9.17) is 5.84 Å². The molecular formula is C13H28N4. The van der Waals surface area contributed by atoms with Crippen molar-refractivity contribution in [2.24, 2.45) is 22.2 Å². The number of aliphatic imine (C=N–C) groups is 1. The molecule has 1 atom stereocenters. The van der Waals surface area contributed by atoms with E-state index >= 15 is 0 Å². The van der Waals surface area contributed by atoms with Crippen LogP contribution < -0.4 is 11.3 Å². The first-order chi connectivity index (χ1) is 7.99. The normalized spacial score (nSPS) is 23.5. The van der Waals surface area contributed by atoms with Crippen molar-refractivity contribution < 1.29 is 0 Å². The summed E-state index contributed by atoms with van der Waals surface area (Å²) in [5.74, 6) is 7.19. The number of hydrogen-bond donors (Lipinski definition) is 2. The van der Waals surface area contributed by atoms with Crippen molar-refractivity contribution in [2.45, 2.75) is 47.0 Å². The van der Waals surface area contributed by atoms with Gasteiger partial charge in [0.05, 0.1) is 0 Å². The summed E-state index contributed by atoms with van der Waals surface area (Å²) in [5.41, 5.74) is 3.14. The van der Waals surface area contributed by atoms with Crippen molar-refractivity contribution in [3.05, 3.63) is 0 Å². The van der Waals surface area contributed by atoms with Crippen molar-refractivity contribution in [1.82, 2.24) is 10.3 Å². The van der Waals surface area contributed by atoms with E-state index in [1.165, 1.54) is 19.3 Å². The zero-order valence-electron chi connectivity index (χ0n) is 11.8. The number of nitrogens with one attached hydrogen (secondary N) is 1. The third-order valence-corrected chi connectivity index (χ3v) is 3.69. The smallest absolute Gasteiger partial charge is 0.208 e. The lowest BCUT2D eigenvalue weighted by molar-refractivity contribution is 0.216. The van der Waals surface area contributed by atoms with Gasteiger partial charge in [-0.1, -0.05) is 20.8 Å². The predicted octanol–water partition coefficient (Wildman–Crippen LogP) is 1.97. The van der Waals surface area contributed by atoms with Gasteiger partial charge in [-0.15, -0.1) is 0 Å². The highest BCUT2D eigenvalue weighted by atomic mass is 15.4. The van der Waals surface area contributed by atoms with Crippen LogP contribution in [0.2, 0.25) is 0 Å². The predicted molar refractivity (Wildman–Crippen MR) is 73.7 cm³/mol. The number of nitrogens with two attached hydrogens (primary N) is 1. The summed E-state index contributed by atoms with van der Waals surface area (Å²) in [6.45, 7) is 12.0. The molecule has 0 aromatic heterocycles. The highest BCUT2D eigenvalue weighted by Gasteiger charge is 2.27. The molecule has 1 heterocycles. The van der Waals surface area contributed by atoms with Gasteiger partial charge in [-0.25, -0.2) is 5.84 Å². The minimum Gasteiger partial charge on any atom is -0.342 e. The number of rotatable bonds is 1. The van der Waals surface area contributed by atoms with E-state index < -0.39 is 0 Å².